The van der Waals surface area contributed by atoms with E-state index in [1.165, 1.54) is 0 Å². The van der Waals surface area contributed by atoms with E-state index in [-0.39, 0.29) is 12.6 Å². The normalized spacial score (nSPS) is 18.2. The van der Waals surface area contributed by atoms with Gasteiger partial charge in [-0.15, -0.1) is 0 Å². The van der Waals surface area contributed by atoms with Crippen LogP contribution in [0.5, 0.6) is 0 Å². The third kappa shape index (κ3) is 2.05. The van der Waals surface area contributed by atoms with E-state index in [4.69, 9.17) is 0 Å². The number of anilines is 1. The molecule has 1 fully saturated rings. The quantitative estimate of drug-likeness (QED) is 0.805. The summed E-state index contributed by atoms with van der Waals surface area (Å²) >= 11 is 0. The van der Waals surface area contributed by atoms with Crippen molar-refractivity contribution in [3.8, 4) is 11.1 Å². The van der Waals surface area contributed by atoms with Gasteiger partial charge in [0, 0.05) is 18.3 Å². The number of aliphatic hydroxyl groups excluding tert-OH is 1. The average Bonchev–Trinajstić information content (AvgIpc) is 3.22. The van der Waals surface area contributed by atoms with Crippen LogP contribution >= 0.6 is 0 Å². The molecule has 0 radical (unpaired) electrons. The second-order valence-corrected chi connectivity index (χ2v) is 5.63. The van der Waals surface area contributed by atoms with Crippen LogP contribution in [-0.2, 0) is 0 Å². The molecule has 0 amide bonds. The first kappa shape index (κ1) is 13.3. The Kier molecular flexibility index (Phi) is 3.27. The van der Waals surface area contributed by atoms with Crippen LogP contribution in [0.4, 0.5) is 5.82 Å². The molecule has 0 unspecified atom stereocenters. The fourth-order valence-electron chi connectivity index (χ4n) is 3.24. The Bertz CT molecular complexity index is 784. The third-order valence-electron chi connectivity index (χ3n) is 4.35. The lowest BCUT2D eigenvalue weighted by atomic mass is 10.1. The van der Waals surface area contributed by atoms with Crippen LogP contribution in [0.15, 0.2) is 48.8 Å². The molecule has 22 heavy (non-hydrogen) atoms. The van der Waals surface area contributed by atoms with Crippen molar-refractivity contribution in [2.45, 2.75) is 18.9 Å². The Morgan fingerprint density at radius 3 is 2.86 bits per heavy atom. The lowest BCUT2D eigenvalue weighted by Crippen LogP contribution is -2.33. The fraction of sp³-hybridized carbons (Fsp3) is 0.294. The predicted molar refractivity (Wildman–Crippen MR) is 85.9 cm³/mol. The van der Waals surface area contributed by atoms with Gasteiger partial charge in [0.05, 0.1) is 18.8 Å². The number of nitrogens with zero attached hydrogens (tertiary/aromatic N) is 4. The fourth-order valence-corrected chi connectivity index (χ4v) is 3.24. The van der Waals surface area contributed by atoms with Crippen molar-refractivity contribution in [2.24, 2.45) is 0 Å². The van der Waals surface area contributed by atoms with E-state index in [0.717, 1.165) is 42.0 Å². The molecule has 1 N–H and O–H groups in total. The molecule has 1 saturated heterocycles. The molecule has 112 valence electrons. The topological polar surface area (TPSA) is 53.7 Å². The van der Waals surface area contributed by atoms with E-state index in [0.29, 0.717) is 0 Å². The Morgan fingerprint density at radius 2 is 2.05 bits per heavy atom. The van der Waals surface area contributed by atoms with E-state index >= 15 is 0 Å². The maximum atomic E-state index is 9.57. The summed E-state index contributed by atoms with van der Waals surface area (Å²) in [6.07, 6.45) is 5.81. The molecule has 0 aliphatic carbocycles. The number of rotatable bonds is 3. The highest BCUT2D eigenvalue weighted by molar-refractivity contribution is 5.77. The minimum absolute atomic E-state index is 0.176. The molecule has 5 heteroatoms. The number of aliphatic hydroxyl groups is 1. The molecule has 3 aromatic rings. The van der Waals surface area contributed by atoms with E-state index in [9.17, 15) is 5.11 Å². The highest BCUT2D eigenvalue weighted by Gasteiger charge is 2.26. The monoisotopic (exact) mass is 294 g/mol. The summed E-state index contributed by atoms with van der Waals surface area (Å²) in [5, 5.41) is 14.1. The third-order valence-corrected chi connectivity index (χ3v) is 4.35. The van der Waals surface area contributed by atoms with E-state index in [2.05, 4.69) is 27.1 Å². The molecular weight excluding hydrogens is 276 g/mol. The Hall–Kier alpha value is -2.40. The molecule has 0 saturated carbocycles. The summed E-state index contributed by atoms with van der Waals surface area (Å²) in [6.45, 7) is 1.13. The van der Waals surface area contributed by atoms with Gasteiger partial charge in [-0.3, -0.25) is 0 Å². The van der Waals surface area contributed by atoms with Crippen molar-refractivity contribution in [1.82, 2.24) is 14.6 Å². The van der Waals surface area contributed by atoms with Crippen molar-refractivity contribution >= 4 is 11.5 Å². The van der Waals surface area contributed by atoms with Gasteiger partial charge >= 0.3 is 0 Å². The van der Waals surface area contributed by atoms with Gasteiger partial charge in [0.25, 0.3) is 0 Å². The molecule has 5 nitrogen and oxygen atoms in total. The maximum absolute atomic E-state index is 9.57. The molecule has 1 aromatic carbocycles. The highest BCUT2D eigenvalue weighted by atomic mass is 16.3. The van der Waals surface area contributed by atoms with Gasteiger partial charge in [-0.25, -0.2) is 4.98 Å². The van der Waals surface area contributed by atoms with E-state index in [1.807, 2.05) is 41.2 Å². The van der Waals surface area contributed by atoms with Crippen LogP contribution in [0.25, 0.3) is 16.8 Å². The smallest absolute Gasteiger partial charge is 0.165 e. The molecule has 0 spiro atoms. The number of hydrogen-bond donors (Lipinski definition) is 1. The number of hydrogen-bond acceptors (Lipinski definition) is 4. The van der Waals surface area contributed by atoms with Crippen LogP contribution in [0.3, 0.4) is 0 Å². The SMILES string of the molecule is OC[C@@H]1CCCN1c1ccnc2c(-c3ccccc3)cnn12. The summed E-state index contributed by atoms with van der Waals surface area (Å²) < 4.78 is 1.89. The summed E-state index contributed by atoms with van der Waals surface area (Å²) in [5.41, 5.74) is 3.00. The molecule has 1 aliphatic heterocycles. The summed E-state index contributed by atoms with van der Waals surface area (Å²) in [5.74, 6) is 1.00. The number of benzene rings is 1. The first-order chi connectivity index (χ1) is 10.9. The minimum Gasteiger partial charge on any atom is -0.394 e. The molecule has 4 rings (SSSR count). The molecule has 2 aromatic heterocycles. The van der Waals surface area contributed by atoms with Gasteiger partial charge in [-0.05, 0) is 24.5 Å². The van der Waals surface area contributed by atoms with Crippen LogP contribution in [0, 0.1) is 0 Å². The van der Waals surface area contributed by atoms with Crippen LogP contribution in [0.2, 0.25) is 0 Å². The standard InChI is InChI=1S/C17H18N4O/c22-12-14-7-4-10-20(14)16-8-9-18-17-15(11-19-21(16)17)13-5-2-1-3-6-13/h1-3,5-6,8-9,11,14,22H,4,7,10,12H2/t14-/m0/s1. The van der Waals surface area contributed by atoms with E-state index < -0.39 is 0 Å². The molecule has 0 bridgehead atoms. The zero-order valence-electron chi connectivity index (χ0n) is 12.3. The highest BCUT2D eigenvalue weighted by Crippen LogP contribution is 2.29. The first-order valence-corrected chi connectivity index (χ1v) is 7.64. The zero-order valence-corrected chi connectivity index (χ0v) is 12.3. The molecule has 3 heterocycles. The largest absolute Gasteiger partial charge is 0.394 e. The lowest BCUT2D eigenvalue weighted by Gasteiger charge is -2.25. The van der Waals surface area contributed by atoms with Crippen molar-refractivity contribution < 1.29 is 5.11 Å². The van der Waals surface area contributed by atoms with Gasteiger partial charge in [-0.2, -0.15) is 9.61 Å². The van der Waals surface area contributed by atoms with Gasteiger partial charge in [0.15, 0.2) is 5.65 Å². The lowest BCUT2D eigenvalue weighted by molar-refractivity contribution is 0.265. The Morgan fingerprint density at radius 1 is 1.18 bits per heavy atom. The Balaban J connectivity index is 1.84. The van der Waals surface area contributed by atoms with Crippen molar-refractivity contribution in [3.05, 3.63) is 48.8 Å². The summed E-state index contributed by atoms with van der Waals surface area (Å²) in [4.78, 5) is 6.74. The van der Waals surface area contributed by atoms with Crippen molar-refractivity contribution in [3.63, 3.8) is 0 Å². The average molecular weight is 294 g/mol. The van der Waals surface area contributed by atoms with Gasteiger partial charge in [0.1, 0.15) is 5.82 Å². The zero-order chi connectivity index (χ0) is 14.9. The summed E-state index contributed by atoms with van der Waals surface area (Å²) in [6, 6.07) is 12.3. The van der Waals surface area contributed by atoms with Crippen molar-refractivity contribution in [2.75, 3.05) is 18.1 Å². The Labute approximate surface area is 128 Å². The maximum Gasteiger partial charge on any atom is 0.165 e. The van der Waals surface area contributed by atoms with Crippen LogP contribution in [-0.4, -0.2) is 38.9 Å². The van der Waals surface area contributed by atoms with Crippen LogP contribution < -0.4 is 4.90 Å². The van der Waals surface area contributed by atoms with Gasteiger partial charge in [0.2, 0.25) is 0 Å². The van der Waals surface area contributed by atoms with Gasteiger partial charge in [-0.1, -0.05) is 30.3 Å². The summed E-state index contributed by atoms with van der Waals surface area (Å²) in [7, 11) is 0. The second-order valence-electron chi connectivity index (χ2n) is 5.63. The van der Waals surface area contributed by atoms with Gasteiger partial charge < -0.3 is 10.0 Å². The molecule has 1 aliphatic rings. The van der Waals surface area contributed by atoms with Crippen molar-refractivity contribution in [1.29, 1.82) is 0 Å². The number of fused-ring (bicyclic) bond motifs is 1. The molecule has 1 atom stereocenters. The van der Waals surface area contributed by atoms with E-state index in [1.54, 1.807) is 0 Å². The predicted octanol–water partition coefficient (Wildman–Crippen LogP) is 2.36. The minimum atomic E-state index is 0.176. The first-order valence-electron chi connectivity index (χ1n) is 7.64. The second kappa shape index (κ2) is 5.42. The number of aromatic nitrogens is 3. The molecular formula is C17H18N4O. The van der Waals surface area contributed by atoms with Crippen LogP contribution in [0.1, 0.15) is 12.8 Å².